The predicted octanol–water partition coefficient (Wildman–Crippen LogP) is -0.290. The van der Waals surface area contributed by atoms with Crippen LogP contribution in [-0.2, 0) is 9.53 Å². The van der Waals surface area contributed by atoms with Gasteiger partial charge in [0.25, 0.3) is 0 Å². The van der Waals surface area contributed by atoms with Gasteiger partial charge < -0.3 is 25.2 Å². The summed E-state index contributed by atoms with van der Waals surface area (Å²) < 4.78 is 5.25. The third kappa shape index (κ3) is 3.29. The quantitative estimate of drug-likeness (QED) is 0.776. The minimum absolute atomic E-state index is 0.0464. The lowest BCUT2D eigenvalue weighted by Crippen LogP contribution is -2.61. The molecule has 0 saturated carbocycles. The molecular weight excluding hydrogens is 272 g/mol. The Morgan fingerprint density at radius 3 is 2.19 bits per heavy atom. The summed E-state index contributed by atoms with van der Waals surface area (Å²) in [5.74, 6) is -0.0464. The molecule has 2 saturated heterocycles. The van der Waals surface area contributed by atoms with E-state index >= 15 is 0 Å². The smallest absolute Gasteiger partial charge is 0.320 e. The monoisotopic (exact) mass is 298 g/mol. The first-order valence-corrected chi connectivity index (χ1v) is 7.71. The number of carbonyl (C=O) groups excluding carboxylic acids is 2. The van der Waals surface area contributed by atoms with Crippen LogP contribution in [0.4, 0.5) is 4.79 Å². The first kappa shape index (κ1) is 16.0. The zero-order valence-corrected chi connectivity index (χ0v) is 13.0. The second kappa shape index (κ2) is 6.62. The molecule has 0 aromatic heterocycles. The Labute approximate surface area is 126 Å². The molecule has 2 fully saturated rings. The number of amides is 3. The Morgan fingerprint density at radius 1 is 1.14 bits per heavy atom. The van der Waals surface area contributed by atoms with E-state index in [2.05, 4.69) is 0 Å². The van der Waals surface area contributed by atoms with E-state index in [1.807, 2.05) is 18.7 Å². The number of nitrogens with zero attached hydrogens (tertiary/aromatic N) is 3. The number of urea groups is 1. The fraction of sp³-hybridized carbons (Fsp3) is 0.857. The molecule has 2 aliphatic heterocycles. The van der Waals surface area contributed by atoms with Gasteiger partial charge >= 0.3 is 6.03 Å². The summed E-state index contributed by atoms with van der Waals surface area (Å²) in [6.07, 6.45) is 0.574. The number of ether oxygens (including phenoxy) is 1. The first-order chi connectivity index (χ1) is 10.0. The highest BCUT2D eigenvalue weighted by Gasteiger charge is 2.42. The molecule has 0 radical (unpaired) electrons. The van der Waals surface area contributed by atoms with Crippen molar-refractivity contribution in [1.82, 2.24) is 14.7 Å². The van der Waals surface area contributed by atoms with Crippen LogP contribution in [0.5, 0.6) is 0 Å². The summed E-state index contributed by atoms with van der Waals surface area (Å²) in [5.41, 5.74) is 5.24. The summed E-state index contributed by atoms with van der Waals surface area (Å²) in [7, 11) is 0. The molecule has 7 nitrogen and oxygen atoms in total. The summed E-state index contributed by atoms with van der Waals surface area (Å²) in [6, 6.07) is 0.0544. The molecule has 0 aliphatic carbocycles. The van der Waals surface area contributed by atoms with Gasteiger partial charge in [0.2, 0.25) is 5.91 Å². The van der Waals surface area contributed by atoms with Crippen molar-refractivity contribution in [2.24, 2.45) is 5.73 Å². The van der Waals surface area contributed by atoms with Crippen molar-refractivity contribution in [3.63, 3.8) is 0 Å². The molecule has 0 aromatic rings. The molecule has 2 aliphatic rings. The van der Waals surface area contributed by atoms with Crippen molar-refractivity contribution in [3.8, 4) is 0 Å². The number of piperazine rings is 1. The van der Waals surface area contributed by atoms with Crippen molar-refractivity contribution in [1.29, 1.82) is 0 Å². The summed E-state index contributed by atoms with van der Waals surface area (Å²) in [4.78, 5) is 30.1. The largest absolute Gasteiger partial charge is 0.379 e. The normalized spacial score (nSPS) is 26.0. The van der Waals surface area contributed by atoms with Crippen LogP contribution in [-0.4, -0.2) is 84.7 Å². The van der Waals surface area contributed by atoms with E-state index in [0.717, 1.165) is 0 Å². The lowest BCUT2D eigenvalue weighted by atomic mass is 9.98. The van der Waals surface area contributed by atoms with Gasteiger partial charge in [0, 0.05) is 45.9 Å². The van der Waals surface area contributed by atoms with Crippen LogP contribution in [0, 0.1) is 0 Å². The fourth-order valence-electron chi connectivity index (χ4n) is 2.86. The standard InChI is InChI=1S/C14H26N4O3/c1-3-16(4-2)13(20)18-8-6-17(7-9-18)12(19)14(15)5-10-21-11-14/h3-11,15H2,1-2H3. The number of hydrogen-bond acceptors (Lipinski definition) is 4. The predicted molar refractivity (Wildman–Crippen MR) is 78.8 cm³/mol. The van der Waals surface area contributed by atoms with Crippen LogP contribution in [0.15, 0.2) is 0 Å². The van der Waals surface area contributed by atoms with E-state index in [0.29, 0.717) is 58.9 Å². The van der Waals surface area contributed by atoms with E-state index in [1.165, 1.54) is 0 Å². The van der Waals surface area contributed by atoms with E-state index in [4.69, 9.17) is 10.5 Å². The van der Waals surface area contributed by atoms with Gasteiger partial charge in [0.1, 0.15) is 5.54 Å². The van der Waals surface area contributed by atoms with E-state index in [1.54, 1.807) is 9.80 Å². The molecule has 21 heavy (non-hydrogen) atoms. The average molecular weight is 298 g/mol. The molecule has 1 unspecified atom stereocenters. The second-order valence-corrected chi connectivity index (χ2v) is 5.69. The van der Waals surface area contributed by atoms with Crippen LogP contribution in [0.1, 0.15) is 20.3 Å². The molecule has 0 bridgehead atoms. The molecule has 2 N–H and O–H groups in total. The molecule has 1 atom stereocenters. The summed E-state index contributed by atoms with van der Waals surface area (Å²) >= 11 is 0. The third-order valence-corrected chi connectivity index (χ3v) is 4.35. The van der Waals surface area contributed by atoms with E-state index < -0.39 is 5.54 Å². The Kier molecular flexibility index (Phi) is 5.05. The first-order valence-electron chi connectivity index (χ1n) is 7.71. The van der Waals surface area contributed by atoms with Gasteiger partial charge in [-0.2, -0.15) is 0 Å². The topological polar surface area (TPSA) is 79.1 Å². The van der Waals surface area contributed by atoms with Crippen LogP contribution in [0.25, 0.3) is 0 Å². The average Bonchev–Trinajstić information content (AvgIpc) is 2.96. The highest BCUT2D eigenvalue weighted by atomic mass is 16.5. The highest BCUT2D eigenvalue weighted by molar-refractivity contribution is 5.87. The molecule has 2 heterocycles. The van der Waals surface area contributed by atoms with Crippen LogP contribution in [0.3, 0.4) is 0 Å². The van der Waals surface area contributed by atoms with Crippen molar-refractivity contribution in [2.75, 3.05) is 52.5 Å². The lowest BCUT2D eigenvalue weighted by molar-refractivity contribution is -0.138. The SMILES string of the molecule is CCN(CC)C(=O)N1CCN(C(=O)C2(N)CCOC2)CC1. The van der Waals surface area contributed by atoms with E-state index in [-0.39, 0.29) is 11.9 Å². The zero-order valence-electron chi connectivity index (χ0n) is 13.0. The van der Waals surface area contributed by atoms with Crippen molar-refractivity contribution < 1.29 is 14.3 Å². The Morgan fingerprint density at radius 2 is 1.71 bits per heavy atom. The molecule has 0 spiro atoms. The Hall–Kier alpha value is -1.34. The van der Waals surface area contributed by atoms with Gasteiger partial charge in [0.15, 0.2) is 0 Å². The lowest BCUT2D eigenvalue weighted by Gasteiger charge is -2.39. The minimum Gasteiger partial charge on any atom is -0.379 e. The molecule has 3 amide bonds. The Balaban J connectivity index is 1.88. The zero-order chi connectivity index (χ0) is 15.5. The van der Waals surface area contributed by atoms with Gasteiger partial charge in [-0.05, 0) is 20.3 Å². The van der Waals surface area contributed by atoms with Crippen molar-refractivity contribution in [2.45, 2.75) is 25.8 Å². The molecule has 7 heteroatoms. The molecule has 2 rings (SSSR count). The number of nitrogens with two attached hydrogens (primary N) is 1. The van der Waals surface area contributed by atoms with Gasteiger partial charge in [-0.25, -0.2) is 4.79 Å². The van der Waals surface area contributed by atoms with Gasteiger partial charge in [-0.1, -0.05) is 0 Å². The number of hydrogen-bond donors (Lipinski definition) is 1. The maximum Gasteiger partial charge on any atom is 0.320 e. The van der Waals surface area contributed by atoms with Crippen molar-refractivity contribution in [3.05, 3.63) is 0 Å². The third-order valence-electron chi connectivity index (χ3n) is 4.35. The minimum atomic E-state index is -0.870. The number of carbonyl (C=O) groups is 2. The maximum atomic E-state index is 12.5. The Bertz CT molecular complexity index is 384. The van der Waals surface area contributed by atoms with Crippen LogP contribution in [0.2, 0.25) is 0 Å². The van der Waals surface area contributed by atoms with Crippen LogP contribution < -0.4 is 5.73 Å². The van der Waals surface area contributed by atoms with Gasteiger partial charge in [0.05, 0.1) is 6.61 Å². The van der Waals surface area contributed by atoms with Gasteiger partial charge in [-0.3, -0.25) is 4.79 Å². The van der Waals surface area contributed by atoms with Crippen molar-refractivity contribution >= 4 is 11.9 Å². The highest BCUT2D eigenvalue weighted by Crippen LogP contribution is 2.19. The number of rotatable bonds is 3. The fourth-order valence-corrected chi connectivity index (χ4v) is 2.86. The molecular formula is C14H26N4O3. The molecule has 120 valence electrons. The van der Waals surface area contributed by atoms with E-state index in [9.17, 15) is 9.59 Å². The second-order valence-electron chi connectivity index (χ2n) is 5.69. The van der Waals surface area contributed by atoms with Gasteiger partial charge in [-0.15, -0.1) is 0 Å². The molecule has 0 aromatic carbocycles. The maximum absolute atomic E-state index is 12.5. The van der Waals surface area contributed by atoms with Crippen LogP contribution >= 0.6 is 0 Å². The summed E-state index contributed by atoms with van der Waals surface area (Å²) in [6.45, 7) is 8.42. The summed E-state index contributed by atoms with van der Waals surface area (Å²) in [5, 5.41) is 0.